The number of methoxy groups -OCH3 is 1. The van der Waals surface area contributed by atoms with Crippen molar-refractivity contribution in [2.24, 2.45) is 0 Å². The van der Waals surface area contributed by atoms with Crippen LogP contribution in [0.3, 0.4) is 0 Å². The summed E-state index contributed by atoms with van der Waals surface area (Å²) in [6, 6.07) is 16.6. The van der Waals surface area contributed by atoms with Crippen molar-refractivity contribution < 1.29 is 13.2 Å². The molecule has 0 radical (unpaired) electrons. The second kappa shape index (κ2) is 10.1. The number of aryl methyl sites for hydroxylation is 1. The zero-order chi connectivity index (χ0) is 21.6. The molecule has 0 amide bonds. The molecule has 0 aliphatic carbocycles. The molecule has 7 nitrogen and oxygen atoms in total. The van der Waals surface area contributed by atoms with E-state index in [0.29, 0.717) is 29.8 Å². The van der Waals surface area contributed by atoms with Gasteiger partial charge in [-0.25, -0.2) is 13.1 Å². The molecule has 3 rings (SSSR count). The van der Waals surface area contributed by atoms with Crippen molar-refractivity contribution >= 4 is 21.6 Å². The smallest absolute Gasteiger partial charge is 0.316 e. The zero-order valence-electron chi connectivity index (χ0n) is 17.0. The average molecular weight is 449 g/mol. The SMILES string of the molecule is CCn1c(OC)nnc1C(CCc1ccccc1)CNS(=O)(=O)c1ccc(Cl)cc1. The van der Waals surface area contributed by atoms with E-state index in [1.165, 1.54) is 17.7 Å². The first-order chi connectivity index (χ1) is 14.4. The number of ether oxygens (including phenoxy) is 1. The third-order valence-electron chi connectivity index (χ3n) is 4.88. The van der Waals surface area contributed by atoms with Gasteiger partial charge in [-0.15, -0.1) is 5.10 Å². The Kier molecular flexibility index (Phi) is 7.47. The Hall–Kier alpha value is -2.42. The molecule has 0 bridgehead atoms. The second-order valence-electron chi connectivity index (χ2n) is 6.82. The fourth-order valence-corrected chi connectivity index (χ4v) is 4.47. The number of nitrogens with zero attached hydrogens (tertiary/aromatic N) is 3. The van der Waals surface area contributed by atoms with Crippen molar-refractivity contribution in [2.45, 2.75) is 37.1 Å². The van der Waals surface area contributed by atoms with Crippen molar-refractivity contribution in [3.63, 3.8) is 0 Å². The lowest BCUT2D eigenvalue weighted by Gasteiger charge is -2.18. The van der Waals surface area contributed by atoms with Gasteiger partial charge >= 0.3 is 6.01 Å². The minimum atomic E-state index is -3.68. The van der Waals surface area contributed by atoms with E-state index < -0.39 is 10.0 Å². The first-order valence-electron chi connectivity index (χ1n) is 9.71. The molecule has 0 aliphatic rings. The lowest BCUT2D eigenvalue weighted by atomic mass is 9.98. The molecule has 2 aromatic carbocycles. The first kappa shape index (κ1) is 22.3. The van der Waals surface area contributed by atoms with E-state index in [1.54, 1.807) is 19.2 Å². The predicted octanol–water partition coefficient (Wildman–Crippen LogP) is 3.65. The Balaban J connectivity index is 1.82. The Morgan fingerprint density at radius 2 is 1.80 bits per heavy atom. The molecule has 1 heterocycles. The maximum atomic E-state index is 12.7. The van der Waals surface area contributed by atoms with Gasteiger partial charge in [0.05, 0.1) is 12.0 Å². The molecule has 160 valence electrons. The molecule has 9 heteroatoms. The lowest BCUT2D eigenvalue weighted by Crippen LogP contribution is -2.30. The van der Waals surface area contributed by atoms with Gasteiger partial charge in [0.1, 0.15) is 5.82 Å². The highest BCUT2D eigenvalue weighted by atomic mass is 35.5. The van der Waals surface area contributed by atoms with Gasteiger partial charge in [-0.05, 0) is 49.6 Å². The maximum Gasteiger partial charge on any atom is 0.316 e. The van der Waals surface area contributed by atoms with Crippen molar-refractivity contribution in [3.8, 4) is 6.01 Å². The summed E-state index contributed by atoms with van der Waals surface area (Å²) in [5.74, 6) is 0.521. The van der Waals surface area contributed by atoms with Gasteiger partial charge in [-0.1, -0.05) is 47.0 Å². The van der Waals surface area contributed by atoms with Crippen LogP contribution in [0.4, 0.5) is 0 Å². The monoisotopic (exact) mass is 448 g/mol. The first-order valence-corrected chi connectivity index (χ1v) is 11.6. The van der Waals surface area contributed by atoms with E-state index in [2.05, 4.69) is 27.1 Å². The van der Waals surface area contributed by atoms with E-state index in [1.807, 2.05) is 29.7 Å². The third-order valence-corrected chi connectivity index (χ3v) is 6.57. The maximum absolute atomic E-state index is 12.7. The zero-order valence-corrected chi connectivity index (χ0v) is 18.5. The van der Waals surface area contributed by atoms with Crippen molar-refractivity contribution in [1.82, 2.24) is 19.5 Å². The molecule has 1 aromatic heterocycles. The molecule has 0 aliphatic heterocycles. The number of hydrogen-bond donors (Lipinski definition) is 1. The third kappa shape index (κ3) is 5.38. The fourth-order valence-electron chi connectivity index (χ4n) is 3.27. The standard InChI is InChI=1S/C21H25ClN4O3S/c1-3-26-20(24-25-21(26)29-2)17(10-9-16-7-5-4-6-8-16)15-23-30(27,28)19-13-11-18(22)12-14-19/h4-8,11-14,17,23H,3,9-10,15H2,1-2H3. The number of sulfonamides is 1. The predicted molar refractivity (Wildman–Crippen MR) is 116 cm³/mol. The highest BCUT2D eigenvalue weighted by molar-refractivity contribution is 7.89. The molecule has 1 atom stereocenters. The van der Waals surface area contributed by atoms with Gasteiger partial charge in [-0.2, -0.15) is 0 Å². The van der Waals surface area contributed by atoms with Crippen LogP contribution in [0.15, 0.2) is 59.5 Å². The molecule has 0 saturated heterocycles. The highest BCUT2D eigenvalue weighted by Crippen LogP contribution is 2.24. The van der Waals surface area contributed by atoms with Gasteiger partial charge < -0.3 is 4.74 Å². The van der Waals surface area contributed by atoms with Crippen molar-refractivity contribution in [1.29, 1.82) is 0 Å². The number of hydrogen-bond acceptors (Lipinski definition) is 5. The van der Waals surface area contributed by atoms with Gasteiger partial charge in [0, 0.05) is 24.0 Å². The Morgan fingerprint density at radius 3 is 2.43 bits per heavy atom. The quantitative estimate of drug-likeness (QED) is 0.511. The Morgan fingerprint density at radius 1 is 1.10 bits per heavy atom. The molecule has 0 fully saturated rings. The van der Waals surface area contributed by atoms with Crippen LogP contribution in [0.5, 0.6) is 6.01 Å². The number of rotatable bonds is 10. The molecule has 3 aromatic rings. The van der Waals surface area contributed by atoms with Crippen LogP contribution in [0, 0.1) is 0 Å². The average Bonchev–Trinajstić information content (AvgIpc) is 3.17. The fraction of sp³-hybridized carbons (Fsp3) is 0.333. The second-order valence-corrected chi connectivity index (χ2v) is 9.02. The lowest BCUT2D eigenvalue weighted by molar-refractivity contribution is 0.354. The van der Waals surface area contributed by atoms with E-state index >= 15 is 0 Å². The van der Waals surface area contributed by atoms with Crippen LogP contribution in [0.2, 0.25) is 5.02 Å². The summed E-state index contributed by atoms with van der Waals surface area (Å²) in [7, 11) is -2.13. The van der Waals surface area contributed by atoms with E-state index in [4.69, 9.17) is 16.3 Å². The molecule has 0 saturated carbocycles. The summed E-state index contributed by atoms with van der Waals surface area (Å²) >= 11 is 5.87. The number of benzene rings is 2. The van der Waals surface area contributed by atoms with Gasteiger partial charge in [-0.3, -0.25) is 4.57 Å². The van der Waals surface area contributed by atoms with Crippen LogP contribution in [-0.2, 0) is 23.0 Å². The number of aromatic nitrogens is 3. The Labute approximate surface area is 182 Å². The summed E-state index contributed by atoms with van der Waals surface area (Å²) in [6.07, 6.45) is 1.49. The minimum absolute atomic E-state index is 0.170. The summed E-state index contributed by atoms with van der Waals surface area (Å²) in [5.41, 5.74) is 1.18. The topological polar surface area (TPSA) is 86.1 Å². The van der Waals surface area contributed by atoms with Crippen LogP contribution in [0.25, 0.3) is 0 Å². The van der Waals surface area contributed by atoms with Crippen LogP contribution < -0.4 is 9.46 Å². The summed E-state index contributed by atoms with van der Waals surface area (Å²) in [5, 5.41) is 8.87. The summed E-state index contributed by atoms with van der Waals surface area (Å²) < 4.78 is 35.4. The molecular formula is C21H25ClN4O3S. The van der Waals surface area contributed by atoms with E-state index in [0.717, 1.165) is 6.42 Å². The molecular weight excluding hydrogens is 424 g/mol. The van der Waals surface area contributed by atoms with Crippen molar-refractivity contribution in [2.75, 3.05) is 13.7 Å². The van der Waals surface area contributed by atoms with Gasteiger partial charge in [0.2, 0.25) is 10.0 Å². The minimum Gasteiger partial charge on any atom is -0.467 e. The van der Waals surface area contributed by atoms with E-state index in [9.17, 15) is 8.42 Å². The van der Waals surface area contributed by atoms with Crippen LogP contribution >= 0.6 is 11.6 Å². The van der Waals surface area contributed by atoms with Gasteiger partial charge in [0.25, 0.3) is 0 Å². The van der Waals surface area contributed by atoms with Gasteiger partial charge in [0.15, 0.2) is 0 Å². The number of halogens is 1. The Bertz CT molecular complexity index is 1050. The largest absolute Gasteiger partial charge is 0.467 e. The van der Waals surface area contributed by atoms with Crippen LogP contribution in [0.1, 0.15) is 30.7 Å². The molecule has 0 spiro atoms. The summed E-state index contributed by atoms with van der Waals surface area (Å²) in [6.45, 7) is 2.79. The normalized spacial score (nSPS) is 12.6. The number of nitrogens with one attached hydrogen (secondary N) is 1. The molecule has 1 N–H and O–H groups in total. The van der Waals surface area contributed by atoms with Crippen molar-refractivity contribution in [3.05, 3.63) is 71.0 Å². The highest BCUT2D eigenvalue weighted by Gasteiger charge is 2.24. The van der Waals surface area contributed by atoms with Crippen LogP contribution in [-0.4, -0.2) is 36.8 Å². The summed E-state index contributed by atoms with van der Waals surface area (Å²) in [4.78, 5) is 0.170. The van der Waals surface area contributed by atoms with E-state index in [-0.39, 0.29) is 17.4 Å². The molecule has 1 unspecified atom stereocenters. The molecule has 30 heavy (non-hydrogen) atoms.